The summed E-state index contributed by atoms with van der Waals surface area (Å²) in [5.74, 6) is -1.07. The molecule has 2 N–H and O–H groups in total. The molecule has 0 amide bonds. The quantitative estimate of drug-likeness (QED) is 0.391. The summed E-state index contributed by atoms with van der Waals surface area (Å²) in [6, 6.07) is 2.51. The zero-order valence-electron chi connectivity index (χ0n) is 6.28. The van der Waals surface area contributed by atoms with E-state index in [1.54, 1.807) is 6.92 Å². The van der Waals surface area contributed by atoms with E-state index in [2.05, 4.69) is 0 Å². The first-order valence-electron chi connectivity index (χ1n) is 3.17. The Morgan fingerprint density at radius 2 is 2.17 bits per heavy atom. The second-order valence-corrected chi connectivity index (χ2v) is 2.71. The Bertz CT molecular complexity index is 314. The number of nitrogens with zero attached hydrogens (tertiary/aromatic N) is 1. The fourth-order valence-corrected chi connectivity index (χ4v) is 1.06. The third-order valence-corrected chi connectivity index (χ3v) is 1.69. The standard InChI is InChI=1S/C7H6ClNO3/c1-4-2-5(7(10)11)3-6(8)9(4)12/h2-3H,1H3,(H-,10,11,12)/p+1. The molecule has 1 aromatic heterocycles. The average Bonchev–Trinajstić information content (AvgIpc) is 1.99. The summed E-state index contributed by atoms with van der Waals surface area (Å²) in [7, 11) is 0. The van der Waals surface area contributed by atoms with E-state index in [0.29, 0.717) is 10.4 Å². The van der Waals surface area contributed by atoms with Crippen LogP contribution in [0.5, 0.6) is 0 Å². The van der Waals surface area contributed by atoms with E-state index in [1.165, 1.54) is 12.1 Å². The zero-order chi connectivity index (χ0) is 9.30. The number of aryl methyl sites for hydroxylation is 1. The first kappa shape index (κ1) is 8.80. The van der Waals surface area contributed by atoms with Crippen molar-refractivity contribution in [3.8, 4) is 0 Å². The molecule has 1 rings (SSSR count). The van der Waals surface area contributed by atoms with Crippen molar-refractivity contribution in [2.75, 3.05) is 0 Å². The number of carboxylic acids is 1. The van der Waals surface area contributed by atoms with Crippen LogP contribution in [0.4, 0.5) is 0 Å². The van der Waals surface area contributed by atoms with E-state index >= 15 is 0 Å². The van der Waals surface area contributed by atoms with Crippen molar-refractivity contribution >= 4 is 17.6 Å². The Hall–Kier alpha value is -1.29. The molecule has 0 atom stereocenters. The molecule has 0 unspecified atom stereocenters. The van der Waals surface area contributed by atoms with Gasteiger partial charge in [-0.2, -0.15) is 0 Å². The van der Waals surface area contributed by atoms with Crippen LogP contribution in [0.3, 0.4) is 0 Å². The van der Waals surface area contributed by atoms with Gasteiger partial charge in [0, 0.05) is 23.8 Å². The predicted molar refractivity (Wildman–Crippen MR) is 40.5 cm³/mol. The first-order valence-corrected chi connectivity index (χ1v) is 3.55. The fourth-order valence-electron chi connectivity index (χ4n) is 0.809. The molecular formula is C7H7ClNO3+. The number of halogens is 1. The normalized spacial score (nSPS) is 9.83. The van der Waals surface area contributed by atoms with E-state index in [4.69, 9.17) is 21.9 Å². The van der Waals surface area contributed by atoms with Crippen LogP contribution in [-0.4, -0.2) is 16.3 Å². The van der Waals surface area contributed by atoms with Gasteiger partial charge in [0.15, 0.2) is 0 Å². The number of aromatic nitrogens is 1. The third-order valence-electron chi connectivity index (χ3n) is 1.42. The van der Waals surface area contributed by atoms with Crippen molar-refractivity contribution in [1.29, 1.82) is 0 Å². The highest BCUT2D eigenvalue weighted by molar-refractivity contribution is 6.28. The van der Waals surface area contributed by atoms with Gasteiger partial charge in [0.25, 0.3) is 0 Å². The second-order valence-electron chi connectivity index (χ2n) is 2.33. The van der Waals surface area contributed by atoms with Crippen molar-refractivity contribution in [1.82, 2.24) is 0 Å². The third kappa shape index (κ3) is 1.48. The van der Waals surface area contributed by atoms with E-state index in [9.17, 15) is 4.79 Å². The molecule has 64 valence electrons. The Kier molecular flexibility index (Phi) is 2.19. The largest absolute Gasteiger partial charge is 0.478 e. The van der Waals surface area contributed by atoms with Gasteiger partial charge in [0.05, 0.1) is 5.56 Å². The van der Waals surface area contributed by atoms with E-state index in [-0.39, 0.29) is 10.7 Å². The highest BCUT2D eigenvalue weighted by atomic mass is 35.5. The van der Waals surface area contributed by atoms with Crippen molar-refractivity contribution < 1.29 is 19.8 Å². The van der Waals surface area contributed by atoms with Gasteiger partial charge in [0.1, 0.15) is 0 Å². The Labute approximate surface area is 73.6 Å². The van der Waals surface area contributed by atoms with Gasteiger partial charge in [-0.3, -0.25) is 5.21 Å². The first-order chi connectivity index (χ1) is 5.52. The Balaban J connectivity index is 3.31. The fraction of sp³-hybridized carbons (Fsp3) is 0.143. The van der Waals surface area contributed by atoms with Crippen LogP contribution >= 0.6 is 11.6 Å². The minimum atomic E-state index is -1.07. The van der Waals surface area contributed by atoms with Crippen LogP contribution < -0.4 is 4.73 Å². The van der Waals surface area contributed by atoms with Crippen LogP contribution in [0.2, 0.25) is 5.15 Å². The summed E-state index contributed by atoms with van der Waals surface area (Å²) >= 11 is 5.51. The molecule has 0 fully saturated rings. The van der Waals surface area contributed by atoms with Crippen LogP contribution in [0.15, 0.2) is 12.1 Å². The minimum absolute atomic E-state index is 0.0209. The molecule has 1 aromatic rings. The SMILES string of the molecule is Cc1cc(C(=O)O)cc(Cl)[n+]1O. The number of aromatic carboxylic acids is 1. The summed E-state index contributed by atoms with van der Waals surface area (Å²) in [5, 5.41) is 17.7. The van der Waals surface area contributed by atoms with E-state index in [0.717, 1.165) is 0 Å². The number of hydrogen-bond donors (Lipinski definition) is 2. The number of carbonyl (C=O) groups is 1. The van der Waals surface area contributed by atoms with Gasteiger partial charge in [-0.25, -0.2) is 4.79 Å². The molecule has 5 heteroatoms. The molecule has 1 heterocycles. The van der Waals surface area contributed by atoms with Crippen LogP contribution in [0, 0.1) is 6.92 Å². The van der Waals surface area contributed by atoms with Crippen molar-refractivity contribution in [3.63, 3.8) is 0 Å². The lowest BCUT2D eigenvalue weighted by Crippen LogP contribution is -2.35. The molecule has 0 aromatic carbocycles. The van der Waals surface area contributed by atoms with Crippen molar-refractivity contribution in [2.45, 2.75) is 6.92 Å². The summed E-state index contributed by atoms with van der Waals surface area (Å²) in [4.78, 5) is 10.5. The molecule has 0 radical (unpaired) electrons. The number of rotatable bonds is 1. The lowest BCUT2D eigenvalue weighted by Gasteiger charge is -1.94. The van der Waals surface area contributed by atoms with E-state index in [1.807, 2.05) is 0 Å². The number of pyridine rings is 1. The number of hydrogen-bond acceptors (Lipinski definition) is 2. The smallest absolute Gasteiger partial charge is 0.336 e. The maximum Gasteiger partial charge on any atom is 0.336 e. The monoisotopic (exact) mass is 188 g/mol. The minimum Gasteiger partial charge on any atom is -0.478 e. The van der Waals surface area contributed by atoms with Crippen LogP contribution in [-0.2, 0) is 0 Å². The molecule has 0 saturated carbocycles. The van der Waals surface area contributed by atoms with E-state index < -0.39 is 5.97 Å². The van der Waals surface area contributed by atoms with Gasteiger partial charge < -0.3 is 5.11 Å². The van der Waals surface area contributed by atoms with Crippen molar-refractivity contribution in [3.05, 3.63) is 28.5 Å². The summed E-state index contributed by atoms with van der Waals surface area (Å²) in [6.07, 6.45) is 0. The number of carboxylic acid groups (broad SMARTS) is 1. The van der Waals surface area contributed by atoms with Gasteiger partial charge in [0.2, 0.25) is 5.69 Å². The molecule has 0 saturated heterocycles. The molecule has 0 aliphatic rings. The van der Waals surface area contributed by atoms with Gasteiger partial charge in [-0.1, -0.05) is 0 Å². The average molecular weight is 189 g/mol. The molecular weight excluding hydrogens is 182 g/mol. The summed E-state index contributed by atoms with van der Waals surface area (Å²) in [6.45, 7) is 1.55. The highest BCUT2D eigenvalue weighted by Gasteiger charge is 2.16. The second kappa shape index (κ2) is 2.98. The van der Waals surface area contributed by atoms with Gasteiger partial charge in [-0.05, 0) is 11.6 Å². The Morgan fingerprint density at radius 3 is 2.58 bits per heavy atom. The zero-order valence-corrected chi connectivity index (χ0v) is 7.04. The lowest BCUT2D eigenvalue weighted by molar-refractivity contribution is -0.907. The molecule has 12 heavy (non-hydrogen) atoms. The van der Waals surface area contributed by atoms with Crippen LogP contribution in [0.1, 0.15) is 16.1 Å². The van der Waals surface area contributed by atoms with Crippen LogP contribution in [0.25, 0.3) is 0 Å². The molecule has 0 spiro atoms. The Morgan fingerprint density at radius 1 is 1.58 bits per heavy atom. The maximum atomic E-state index is 10.5. The molecule has 0 aliphatic heterocycles. The summed E-state index contributed by atoms with van der Waals surface area (Å²) in [5.41, 5.74) is 0.433. The molecule has 0 bridgehead atoms. The molecule has 4 nitrogen and oxygen atoms in total. The van der Waals surface area contributed by atoms with Gasteiger partial charge >= 0.3 is 11.1 Å². The van der Waals surface area contributed by atoms with Gasteiger partial charge in [-0.15, -0.1) is 0 Å². The lowest BCUT2D eigenvalue weighted by atomic mass is 10.2. The summed E-state index contributed by atoms with van der Waals surface area (Å²) < 4.78 is 0.716. The topological polar surface area (TPSA) is 61.4 Å². The molecule has 0 aliphatic carbocycles. The predicted octanol–water partition coefficient (Wildman–Crippen LogP) is 0.871. The highest BCUT2D eigenvalue weighted by Crippen LogP contribution is 2.07. The van der Waals surface area contributed by atoms with Crippen molar-refractivity contribution in [2.24, 2.45) is 0 Å². The maximum absolute atomic E-state index is 10.5.